The topological polar surface area (TPSA) is 49.4 Å². The maximum atomic E-state index is 12.4. The highest BCUT2D eigenvalue weighted by Gasteiger charge is 2.27. The second-order valence-corrected chi connectivity index (χ2v) is 5.32. The van der Waals surface area contributed by atoms with E-state index < -0.39 is 6.04 Å². The van der Waals surface area contributed by atoms with Gasteiger partial charge >= 0.3 is 0 Å². The highest BCUT2D eigenvalue weighted by atomic mass is 16.2. The van der Waals surface area contributed by atoms with Gasteiger partial charge in [0.25, 0.3) is 0 Å². The molecule has 0 aromatic heterocycles. The molecule has 0 aliphatic rings. The van der Waals surface area contributed by atoms with Gasteiger partial charge < -0.3 is 10.2 Å². The van der Waals surface area contributed by atoms with E-state index in [0.717, 1.165) is 5.56 Å². The number of amides is 2. The zero-order valence-electron chi connectivity index (χ0n) is 13.0. The SMILES string of the molecule is C=CCNC(=O)[C@@H](C)N(Cc1ccccc1)C(=O)C(C)C. The third-order valence-electron chi connectivity index (χ3n) is 3.24. The summed E-state index contributed by atoms with van der Waals surface area (Å²) in [6.45, 7) is 9.84. The van der Waals surface area contributed by atoms with Crippen molar-refractivity contribution in [2.24, 2.45) is 5.92 Å². The summed E-state index contributed by atoms with van der Waals surface area (Å²) in [4.78, 5) is 26.1. The number of carbonyl (C=O) groups excluding carboxylic acids is 2. The van der Waals surface area contributed by atoms with Gasteiger partial charge in [0, 0.05) is 19.0 Å². The molecule has 0 unspecified atom stereocenters. The van der Waals surface area contributed by atoms with E-state index in [1.165, 1.54) is 0 Å². The van der Waals surface area contributed by atoms with Gasteiger partial charge in [-0.1, -0.05) is 50.3 Å². The normalized spacial score (nSPS) is 11.8. The molecule has 0 saturated carbocycles. The van der Waals surface area contributed by atoms with E-state index in [2.05, 4.69) is 11.9 Å². The van der Waals surface area contributed by atoms with Crippen LogP contribution in [0.1, 0.15) is 26.3 Å². The molecule has 0 spiro atoms. The Kier molecular flexibility index (Phi) is 6.66. The molecule has 0 aliphatic carbocycles. The van der Waals surface area contributed by atoms with Gasteiger partial charge in [-0.25, -0.2) is 0 Å². The first kappa shape index (κ1) is 17.0. The van der Waals surface area contributed by atoms with Crippen LogP contribution in [0.4, 0.5) is 0 Å². The summed E-state index contributed by atoms with van der Waals surface area (Å²) in [7, 11) is 0. The minimum absolute atomic E-state index is 0.0277. The molecule has 0 bridgehead atoms. The summed E-state index contributed by atoms with van der Waals surface area (Å²) in [5.74, 6) is -0.344. The van der Waals surface area contributed by atoms with Gasteiger partial charge in [-0.15, -0.1) is 6.58 Å². The molecule has 0 fully saturated rings. The smallest absolute Gasteiger partial charge is 0.242 e. The van der Waals surface area contributed by atoms with Crippen molar-refractivity contribution in [3.8, 4) is 0 Å². The van der Waals surface area contributed by atoms with Crippen LogP contribution in [0.3, 0.4) is 0 Å². The van der Waals surface area contributed by atoms with Crippen LogP contribution >= 0.6 is 0 Å². The largest absolute Gasteiger partial charge is 0.351 e. The van der Waals surface area contributed by atoms with Crippen LogP contribution in [0.5, 0.6) is 0 Å². The fraction of sp³-hybridized carbons (Fsp3) is 0.412. The molecule has 4 heteroatoms. The van der Waals surface area contributed by atoms with Crippen LogP contribution in [0.15, 0.2) is 43.0 Å². The van der Waals surface area contributed by atoms with E-state index in [9.17, 15) is 9.59 Å². The summed E-state index contributed by atoms with van der Waals surface area (Å²) in [6, 6.07) is 9.17. The lowest BCUT2D eigenvalue weighted by Gasteiger charge is -2.30. The van der Waals surface area contributed by atoms with Crippen molar-refractivity contribution < 1.29 is 9.59 Å². The number of rotatable bonds is 7. The van der Waals surface area contributed by atoms with Gasteiger partial charge in [-0.3, -0.25) is 9.59 Å². The predicted molar refractivity (Wildman–Crippen MR) is 84.5 cm³/mol. The third kappa shape index (κ3) is 5.06. The van der Waals surface area contributed by atoms with Crippen molar-refractivity contribution in [1.82, 2.24) is 10.2 Å². The first-order chi connectivity index (χ1) is 9.97. The Balaban J connectivity index is 2.88. The van der Waals surface area contributed by atoms with Gasteiger partial charge in [0.1, 0.15) is 6.04 Å². The lowest BCUT2D eigenvalue weighted by atomic mass is 10.1. The highest BCUT2D eigenvalue weighted by molar-refractivity contribution is 5.88. The van der Waals surface area contributed by atoms with E-state index >= 15 is 0 Å². The fourth-order valence-electron chi connectivity index (χ4n) is 1.98. The lowest BCUT2D eigenvalue weighted by Crippen LogP contribution is -2.48. The summed E-state index contributed by atoms with van der Waals surface area (Å²) in [6.07, 6.45) is 1.62. The number of nitrogens with zero attached hydrogens (tertiary/aromatic N) is 1. The predicted octanol–water partition coefficient (Wildman–Crippen LogP) is 2.36. The fourth-order valence-corrected chi connectivity index (χ4v) is 1.98. The van der Waals surface area contributed by atoms with E-state index in [4.69, 9.17) is 0 Å². The van der Waals surface area contributed by atoms with Crippen LogP contribution in [-0.4, -0.2) is 29.3 Å². The molecular weight excluding hydrogens is 264 g/mol. The molecule has 114 valence electrons. The molecule has 0 heterocycles. The van der Waals surface area contributed by atoms with E-state index in [-0.39, 0.29) is 17.7 Å². The number of nitrogens with one attached hydrogen (secondary N) is 1. The average Bonchev–Trinajstić information content (AvgIpc) is 2.49. The molecule has 0 radical (unpaired) electrons. The maximum absolute atomic E-state index is 12.4. The summed E-state index contributed by atoms with van der Waals surface area (Å²) >= 11 is 0. The molecule has 2 amide bonds. The molecule has 1 aromatic rings. The van der Waals surface area contributed by atoms with Crippen molar-refractivity contribution in [2.45, 2.75) is 33.4 Å². The number of carbonyl (C=O) groups is 2. The standard InChI is InChI=1S/C17H24N2O2/c1-5-11-18-16(20)14(4)19(17(21)13(2)3)12-15-9-7-6-8-10-15/h5-10,13-14H,1,11-12H2,2-4H3,(H,18,20)/t14-/m1/s1. The van der Waals surface area contributed by atoms with Crippen molar-refractivity contribution in [2.75, 3.05) is 6.54 Å². The Morgan fingerprint density at radius 1 is 1.24 bits per heavy atom. The van der Waals surface area contributed by atoms with E-state index in [0.29, 0.717) is 13.1 Å². The second kappa shape index (κ2) is 8.25. The van der Waals surface area contributed by atoms with Gasteiger partial charge in [0.2, 0.25) is 11.8 Å². The van der Waals surface area contributed by atoms with Crippen molar-refractivity contribution in [3.05, 3.63) is 48.6 Å². The Labute approximate surface area is 126 Å². The molecule has 1 rings (SSSR count). The maximum Gasteiger partial charge on any atom is 0.242 e. The average molecular weight is 288 g/mol. The summed E-state index contributed by atoms with van der Waals surface area (Å²) in [5.41, 5.74) is 1.01. The van der Waals surface area contributed by atoms with Gasteiger partial charge in [-0.05, 0) is 12.5 Å². The number of hydrogen-bond acceptors (Lipinski definition) is 2. The first-order valence-electron chi connectivity index (χ1n) is 7.20. The van der Waals surface area contributed by atoms with Gasteiger partial charge in [-0.2, -0.15) is 0 Å². The monoisotopic (exact) mass is 288 g/mol. The van der Waals surface area contributed by atoms with E-state index in [1.807, 2.05) is 44.2 Å². The molecule has 1 aromatic carbocycles. The van der Waals surface area contributed by atoms with Crippen LogP contribution in [0.25, 0.3) is 0 Å². The summed E-state index contributed by atoms with van der Waals surface area (Å²) < 4.78 is 0. The number of hydrogen-bond donors (Lipinski definition) is 1. The summed E-state index contributed by atoms with van der Waals surface area (Å²) in [5, 5.41) is 2.74. The molecule has 0 aliphatic heterocycles. The molecule has 0 saturated heterocycles. The quantitative estimate of drug-likeness (QED) is 0.783. The molecule has 1 atom stereocenters. The molecular formula is C17H24N2O2. The second-order valence-electron chi connectivity index (χ2n) is 5.32. The van der Waals surface area contributed by atoms with Crippen LogP contribution < -0.4 is 5.32 Å². The van der Waals surface area contributed by atoms with Crippen LogP contribution in [0.2, 0.25) is 0 Å². The zero-order chi connectivity index (χ0) is 15.8. The Bertz CT molecular complexity index is 483. The minimum atomic E-state index is -0.514. The lowest BCUT2D eigenvalue weighted by molar-refractivity contribution is -0.142. The van der Waals surface area contributed by atoms with Crippen molar-refractivity contribution in [3.63, 3.8) is 0 Å². The third-order valence-corrected chi connectivity index (χ3v) is 3.24. The van der Waals surface area contributed by atoms with Crippen molar-refractivity contribution in [1.29, 1.82) is 0 Å². The van der Waals surface area contributed by atoms with Crippen LogP contribution in [-0.2, 0) is 16.1 Å². The Morgan fingerprint density at radius 3 is 2.38 bits per heavy atom. The Hall–Kier alpha value is -2.10. The Morgan fingerprint density at radius 2 is 1.86 bits per heavy atom. The minimum Gasteiger partial charge on any atom is -0.351 e. The zero-order valence-corrected chi connectivity index (χ0v) is 13.0. The molecule has 21 heavy (non-hydrogen) atoms. The van der Waals surface area contributed by atoms with E-state index in [1.54, 1.807) is 17.9 Å². The molecule has 1 N–H and O–H groups in total. The first-order valence-corrected chi connectivity index (χ1v) is 7.20. The number of benzene rings is 1. The van der Waals surface area contributed by atoms with Gasteiger partial charge in [0.05, 0.1) is 0 Å². The highest BCUT2D eigenvalue weighted by Crippen LogP contribution is 2.13. The van der Waals surface area contributed by atoms with Gasteiger partial charge in [0.15, 0.2) is 0 Å². The van der Waals surface area contributed by atoms with Crippen LogP contribution in [0, 0.1) is 5.92 Å². The molecule has 4 nitrogen and oxygen atoms in total. The van der Waals surface area contributed by atoms with Crippen molar-refractivity contribution >= 4 is 11.8 Å².